The third-order valence-corrected chi connectivity index (χ3v) is 1.86. The van der Waals surface area contributed by atoms with Crippen LogP contribution in [-0.4, -0.2) is 19.4 Å². The van der Waals surface area contributed by atoms with Gasteiger partial charge in [-0.2, -0.15) is 0 Å². The summed E-state index contributed by atoms with van der Waals surface area (Å²) in [5, 5.41) is 4.57. The maximum absolute atomic E-state index is 5.12. The normalized spacial score (nSPS) is 10.3. The molecule has 0 atom stereocenters. The molecule has 4 nitrogen and oxygen atoms in total. The summed E-state index contributed by atoms with van der Waals surface area (Å²) in [6.45, 7) is 0. The SMILES string of the molecule is COc1cc2cnoc2cc1OC. The zero-order valence-electron chi connectivity index (χ0n) is 7.40. The number of aromatic nitrogens is 1. The highest BCUT2D eigenvalue weighted by Crippen LogP contribution is 2.31. The largest absolute Gasteiger partial charge is 0.493 e. The molecule has 0 amide bonds. The smallest absolute Gasteiger partial charge is 0.170 e. The Hall–Kier alpha value is -1.71. The van der Waals surface area contributed by atoms with Crippen molar-refractivity contribution < 1.29 is 14.0 Å². The Kier molecular flexibility index (Phi) is 1.81. The molecule has 0 aliphatic rings. The second-order valence-corrected chi connectivity index (χ2v) is 2.57. The summed E-state index contributed by atoms with van der Waals surface area (Å²) in [4.78, 5) is 0. The molecule has 0 saturated heterocycles. The van der Waals surface area contributed by atoms with Gasteiger partial charge >= 0.3 is 0 Å². The molecule has 2 rings (SSSR count). The Balaban J connectivity index is 2.67. The molecule has 0 spiro atoms. The molecule has 1 heterocycles. The molecule has 0 N–H and O–H groups in total. The van der Waals surface area contributed by atoms with Crippen LogP contribution in [0.3, 0.4) is 0 Å². The predicted molar refractivity (Wildman–Crippen MR) is 47.1 cm³/mol. The number of nitrogens with zero attached hydrogens (tertiary/aromatic N) is 1. The van der Waals surface area contributed by atoms with Crippen molar-refractivity contribution in [3.63, 3.8) is 0 Å². The second-order valence-electron chi connectivity index (χ2n) is 2.57. The van der Waals surface area contributed by atoms with E-state index in [0.29, 0.717) is 17.1 Å². The van der Waals surface area contributed by atoms with Crippen LogP contribution in [0.4, 0.5) is 0 Å². The number of methoxy groups -OCH3 is 2. The minimum absolute atomic E-state index is 0.645. The van der Waals surface area contributed by atoms with E-state index in [-0.39, 0.29) is 0 Å². The fourth-order valence-electron chi connectivity index (χ4n) is 1.20. The topological polar surface area (TPSA) is 44.5 Å². The zero-order valence-corrected chi connectivity index (χ0v) is 7.40. The van der Waals surface area contributed by atoms with Crippen LogP contribution < -0.4 is 9.47 Å². The van der Waals surface area contributed by atoms with Crippen LogP contribution in [0.2, 0.25) is 0 Å². The molecule has 1 aromatic carbocycles. The molecule has 0 saturated carbocycles. The van der Waals surface area contributed by atoms with Gasteiger partial charge in [0.2, 0.25) is 0 Å². The average Bonchev–Trinajstić information content (AvgIpc) is 2.62. The van der Waals surface area contributed by atoms with Crippen molar-refractivity contribution in [2.24, 2.45) is 0 Å². The fraction of sp³-hybridized carbons (Fsp3) is 0.222. The summed E-state index contributed by atoms with van der Waals surface area (Å²) in [5.74, 6) is 1.32. The molecule has 0 fully saturated rings. The highest BCUT2D eigenvalue weighted by Gasteiger charge is 2.07. The van der Waals surface area contributed by atoms with Gasteiger partial charge in [-0.15, -0.1) is 0 Å². The first kappa shape index (κ1) is 7.91. The summed E-state index contributed by atoms with van der Waals surface area (Å²) >= 11 is 0. The minimum Gasteiger partial charge on any atom is -0.493 e. The van der Waals surface area contributed by atoms with Crippen LogP contribution in [-0.2, 0) is 0 Å². The molecule has 2 aromatic rings. The fourth-order valence-corrected chi connectivity index (χ4v) is 1.20. The first-order valence-corrected chi connectivity index (χ1v) is 3.81. The Labute approximate surface area is 75.0 Å². The maximum Gasteiger partial charge on any atom is 0.170 e. The van der Waals surface area contributed by atoms with Gasteiger partial charge in [-0.25, -0.2) is 0 Å². The highest BCUT2D eigenvalue weighted by atomic mass is 16.5. The van der Waals surface area contributed by atoms with Crippen LogP contribution in [0, 0.1) is 0 Å². The van der Waals surface area contributed by atoms with Gasteiger partial charge in [-0.1, -0.05) is 5.16 Å². The average molecular weight is 179 g/mol. The number of fused-ring (bicyclic) bond motifs is 1. The van der Waals surface area contributed by atoms with E-state index in [1.54, 1.807) is 26.5 Å². The quantitative estimate of drug-likeness (QED) is 0.705. The number of hydrogen-bond acceptors (Lipinski definition) is 4. The standard InChI is InChI=1S/C9H9NO3/c1-11-8-3-6-5-10-13-7(6)4-9(8)12-2/h3-5H,1-2H3. The molecular formula is C9H9NO3. The molecule has 0 aliphatic heterocycles. The van der Waals surface area contributed by atoms with E-state index in [1.807, 2.05) is 6.07 Å². The first-order valence-electron chi connectivity index (χ1n) is 3.81. The van der Waals surface area contributed by atoms with E-state index in [4.69, 9.17) is 14.0 Å². The van der Waals surface area contributed by atoms with Gasteiger partial charge in [0.05, 0.1) is 20.4 Å². The van der Waals surface area contributed by atoms with E-state index in [2.05, 4.69) is 5.16 Å². The molecule has 0 radical (unpaired) electrons. The van der Waals surface area contributed by atoms with Crippen molar-refractivity contribution >= 4 is 11.0 Å². The van der Waals surface area contributed by atoms with E-state index in [9.17, 15) is 0 Å². The highest BCUT2D eigenvalue weighted by molar-refractivity contribution is 5.80. The van der Waals surface area contributed by atoms with Gasteiger partial charge < -0.3 is 14.0 Å². The lowest BCUT2D eigenvalue weighted by Crippen LogP contribution is -1.89. The molecular weight excluding hydrogens is 170 g/mol. The first-order chi connectivity index (χ1) is 6.35. The van der Waals surface area contributed by atoms with Crippen molar-refractivity contribution in [2.75, 3.05) is 14.2 Å². The van der Waals surface area contributed by atoms with Crippen LogP contribution >= 0.6 is 0 Å². The van der Waals surface area contributed by atoms with Gasteiger partial charge in [0.25, 0.3) is 0 Å². The number of hydrogen-bond donors (Lipinski definition) is 0. The van der Waals surface area contributed by atoms with Crippen molar-refractivity contribution in [1.82, 2.24) is 5.16 Å². The summed E-state index contributed by atoms with van der Waals surface area (Å²) in [6.07, 6.45) is 1.64. The van der Waals surface area contributed by atoms with E-state index in [1.165, 1.54) is 0 Å². The summed E-state index contributed by atoms with van der Waals surface area (Å²) in [5.41, 5.74) is 0.692. The second kappa shape index (κ2) is 2.97. The molecule has 4 heteroatoms. The summed E-state index contributed by atoms with van der Waals surface area (Å²) in [6, 6.07) is 3.58. The van der Waals surface area contributed by atoms with Gasteiger partial charge in [-0.3, -0.25) is 0 Å². The molecule has 0 unspecified atom stereocenters. The van der Waals surface area contributed by atoms with E-state index in [0.717, 1.165) is 5.39 Å². The van der Waals surface area contributed by atoms with Crippen molar-refractivity contribution in [1.29, 1.82) is 0 Å². The Morgan fingerprint density at radius 1 is 1.15 bits per heavy atom. The van der Waals surface area contributed by atoms with Gasteiger partial charge in [0.15, 0.2) is 17.1 Å². The van der Waals surface area contributed by atoms with E-state index < -0.39 is 0 Å². The van der Waals surface area contributed by atoms with Crippen molar-refractivity contribution in [3.05, 3.63) is 18.3 Å². The van der Waals surface area contributed by atoms with Crippen LogP contribution in [0.1, 0.15) is 0 Å². The monoisotopic (exact) mass is 179 g/mol. The van der Waals surface area contributed by atoms with Crippen LogP contribution in [0.15, 0.2) is 22.9 Å². The maximum atomic E-state index is 5.12. The Morgan fingerprint density at radius 3 is 2.54 bits per heavy atom. The lowest BCUT2D eigenvalue weighted by Gasteiger charge is -2.05. The third kappa shape index (κ3) is 1.20. The van der Waals surface area contributed by atoms with E-state index >= 15 is 0 Å². The number of benzene rings is 1. The Morgan fingerprint density at radius 2 is 1.85 bits per heavy atom. The number of rotatable bonds is 2. The summed E-state index contributed by atoms with van der Waals surface area (Å²) < 4.78 is 15.2. The number of ether oxygens (including phenoxy) is 2. The minimum atomic E-state index is 0.645. The third-order valence-electron chi connectivity index (χ3n) is 1.86. The van der Waals surface area contributed by atoms with Gasteiger partial charge in [-0.05, 0) is 6.07 Å². The lowest BCUT2D eigenvalue weighted by atomic mass is 10.2. The Bertz CT molecular complexity index is 384. The van der Waals surface area contributed by atoms with Crippen LogP contribution in [0.25, 0.3) is 11.0 Å². The predicted octanol–water partition coefficient (Wildman–Crippen LogP) is 1.84. The molecule has 0 aliphatic carbocycles. The van der Waals surface area contributed by atoms with Gasteiger partial charge in [0, 0.05) is 11.5 Å². The van der Waals surface area contributed by atoms with Gasteiger partial charge in [0.1, 0.15) is 0 Å². The van der Waals surface area contributed by atoms with Crippen LogP contribution in [0.5, 0.6) is 11.5 Å². The molecule has 1 aromatic heterocycles. The molecule has 13 heavy (non-hydrogen) atoms. The summed E-state index contributed by atoms with van der Waals surface area (Å²) in [7, 11) is 3.18. The lowest BCUT2D eigenvalue weighted by molar-refractivity contribution is 0.354. The van der Waals surface area contributed by atoms with Crippen molar-refractivity contribution in [2.45, 2.75) is 0 Å². The van der Waals surface area contributed by atoms with Crippen molar-refractivity contribution in [3.8, 4) is 11.5 Å². The zero-order chi connectivity index (χ0) is 9.26. The molecule has 68 valence electrons. The molecule has 0 bridgehead atoms.